The van der Waals surface area contributed by atoms with Crippen molar-refractivity contribution >= 4 is 11.8 Å². The van der Waals surface area contributed by atoms with Gasteiger partial charge in [0.05, 0.1) is 0 Å². The molecular weight excluding hydrogens is 266 g/mol. The summed E-state index contributed by atoms with van der Waals surface area (Å²) in [5.41, 5.74) is -0.152. The number of ether oxygens (including phenoxy) is 1. The predicted octanol–water partition coefficient (Wildman–Crippen LogP) is 3.29. The van der Waals surface area contributed by atoms with Crippen LogP contribution in [0.5, 0.6) is 0 Å². The largest absolute Gasteiger partial charge is 0.444 e. The molecule has 2 N–H and O–H groups in total. The van der Waals surface area contributed by atoms with E-state index in [4.69, 9.17) is 4.74 Å². The average molecular weight is 286 g/mol. The third kappa shape index (κ3) is 6.92. The van der Waals surface area contributed by atoms with Crippen LogP contribution in [0, 0.1) is 11.6 Å². The number of anilines is 1. The van der Waals surface area contributed by atoms with Gasteiger partial charge in [0, 0.05) is 24.8 Å². The lowest BCUT2D eigenvalue weighted by Gasteiger charge is -2.19. The summed E-state index contributed by atoms with van der Waals surface area (Å²) in [5, 5.41) is 5.48. The quantitative estimate of drug-likeness (QED) is 0.817. The topological polar surface area (TPSA) is 50.4 Å². The van der Waals surface area contributed by atoms with Crippen LogP contribution in [-0.2, 0) is 4.74 Å². The fourth-order valence-electron chi connectivity index (χ4n) is 1.48. The number of benzene rings is 1. The summed E-state index contributed by atoms with van der Waals surface area (Å²) in [5.74, 6) is -1.25. The molecule has 4 nitrogen and oxygen atoms in total. The zero-order valence-corrected chi connectivity index (χ0v) is 11.9. The molecule has 0 aliphatic carbocycles. The van der Waals surface area contributed by atoms with Crippen molar-refractivity contribution < 1.29 is 18.3 Å². The van der Waals surface area contributed by atoms with E-state index in [-0.39, 0.29) is 0 Å². The summed E-state index contributed by atoms with van der Waals surface area (Å²) in [6.45, 7) is 6.25. The van der Waals surface area contributed by atoms with Crippen molar-refractivity contribution in [2.24, 2.45) is 0 Å². The number of nitrogens with one attached hydrogen (secondary N) is 2. The molecule has 0 heterocycles. The molecule has 1 rings (SSSR count). The number of alkyl carbamates (subject to hydrolysis) is 1. The first-order valence-corrected chi connectivity index (χ1v) is 6.43. The average Bonchev–Trinajstić information content (AvgIpc) is 2.24. The van der Waals surface area contributed by atoms with Crippen LogP contribution in [-0.4, -0.2) is 24.8 Å². The molecule has 0 atom stereocenters. The highest BCUT2D eigenvalue weighted by Crippen LogP contribution is 2.12. The first-order valence-electron chi connectivity index (χ1n) is 6.43. The molecule has 0 saturated heterocycles. The number of carbonyl (C=O) groups is 1. The number of rotatable bonds is 5. The lowest BCUT2D eigenvalue weighted by atomic mass is 10.2. The summed E-state index contributed by atoms with van der Waals surface area (Å²) in [4.78, 5) is 11.3. The fourth-order valence-corrected chi connectivity index (χ4v) is 1.48. The van der Waals surface area contributed by atoms with E-state index in [9.17, 15) is 13.6 Å². The Morgan fingerprint density at radius 1 is 1.15 bits per heavy atom. The molecule has 0 saturated carbocycles. The van der Waals surface area contributed by atoms with Gasteiger partial charge in [-0.1, -0.05) is 0 Å². The van der Waals surface area contributed by atoms with Crippen LogP contribution in [0.25, 0.3) is 0 Å². The van der Waals surface area contributed by atoms with E-state index in [1.165, 1.54) is 12.1 Å². The van der Waals surface area contributed by atoms with E-state index in [1.807, 2.05) is 0 Å². The molecule has 0 aliphatic rings. The van der Waals surface area contributed by atoms with E-state index in [2.05, 4.69) is 10.6 Å². The first kappa shape index (κ1) is 16.2. The van der Waals surface area contributed by atoms with Crippen molar-refractivity contribution in [3.63, 3.8) is 0 Å². The minimum atomic E-state index is -0.626. The first-order chi connectivity index (χ1) is 9.26. The molecule has 0 spiro atoms. The zero-order chi connectivity index (χ0) is 15.2. The van der Waals surface area contributed by atoms with Crippen molar-refractivity contribution in [3.8, 4) is 0 Å². The Kier molecular flexibility index (Phi) is 5.73. The van der Waals surface area contributed by atoms with E-state index in [1.54, 1.807) is 20.8 Å². The lowest BCUT2D eigenvalue weighted by Crippen LogP contribution is -2.33. The third-order valence-electron chi connectivity index (χ3n) is 2.21. The van der Waals surface area contributed by atoms with Crippen molar-refractivity contribution in [2.75, 3.05) is 18.4 Å². The minimum absolute atomic E-state index is 0.375. The SMILES string of the molecule is CC(C)(C)OC(=O)NCCCNc1cc(F)cc(F)c1. The fraction of sp³-hybridized carbons (Fsp3) is 0.500. The van der Waals surface area contributed by atoms with Gasteiger partial charge < -0.3 is 15.4 Å². The van der Waals surface area contributed by atoms with Gasteiger partial charge in [-0.15, -0.1) is 0 Å². The van der Waals surface area contributed by atoms with Crippen LogP contribution in [0.1, 0.15) is 27.2 Å². The maximum atomic E-state index is 12.9. The van der Waals surface area contributed by atoms with Crippen LogP contribution in [0.4, 0.5) is 19.3 Å². The standard InChI is InChI=1S/C14H20F2N2O2/c1-14(2,3)20-13(19)18-6-4-5-17-12-8-10(15)7-11(16)9-12/h7-9,17H,4-6H2,1-3H3,(H,18,19). The number of hydrogen-bond acceptors (Lipinski definition) is 3. The highest BCUT2D eigenvalue weighted by Gasteiger charge is 2.15. The van der Waals surface area contributed by atoms with Gasteiger partial charge in [0.2, 0.25) is 0 Å². The van der Waals surface area contributed by atoms with Crippen LogP contribution in [0.3, 0.4) is 0 Å². The van der Waals surface area contributed by atoms with Gasteiger partial charge in [0.15, 0.2) is 0 Å². The molecule has 20 heavy (non-hydrogen) atoms. The van der Waals surface area contributed by atoms with Gasteiger partial charge >= 0.3 is 6.09 Å². The second-order valence-electron chi connectivity index (χ2n) is 5.37. The van der Waals surface area contributed by atoms with Gasteiger partial charge in [-0.05, 0) is 39.3 Å². The molecule has 0 radical (unpaired) electrons. The third-order valence-corrected chi connectivity index (χ3v) is 2.21. The van der Waals surface area contributed by atoms with Gasteiger partial charge in [-0.25, -0.2) is 13.6 Å². The summed E-state index contributed by atoms with van der Waals surface area (Å²) in [7, 11) is 0. The highest BCUT2D eigenvalue weighted by atomic mass is 19.1. The van der Waals surface area contributed by atoms with Crippen LogP contribution < -0.4 is 10.6 Å². The number of halogens is 2. The Morgan fingerprint density at radius 2 is 1.75 bits per heavy atom. The molecule has 6 heteroatoms. The molecule has 1 aromatic rings. The molecule has 0 aromatic heterocycles. The zero-order valence-electron chi connectivity index (χ0n) is 11.9. The van der Waals surface area contributed by atoms with Gasteiger partial charge in [-0.2, -0.15) is 0 Å². The van der Waals surface area contributed by atoms with Crippen molar-refractivity contribution in [1.82, 2.24) is 5.32 Å². The molecule has 112 valence electrons. The van der Waals surface area contributed by atoms with Crippen molar-refractivity contribution in [1.29, 1.82) is 0 Å². The van der Waals surface area contributed by atoms with Gasteiger partial charge in [-0.3, -0.25) is 0 Å². The van der Waals surface area contributed by atoms with E-state index in [0.717, 1.165) is 6.07 Å². The predicted molar refractivity (Wildman–Crippen MR) is 73.7 cm³/mol. The van der Waals surface area contributed by atoms with Crippen LogP contribution in [0.2, 0.25) is 0 Å². The van der Waals surface area contributed by atoms with E-state index < -0.39 is 23.3 Å². The highest BCUT2D eigenvalue weighted by molar-refractivity contribution is 5.67. The maximum Gasteiger partial charge on any atom is 0.407 e. The molecule has 0 bridgehead atoms. The number of hydrogen-bond donors (Lipinski definition) is 2. The van der Waals surface area contributed by atoms with Crippen molar-refractivity contribution in [2.45, 2.75) is 32.8 Å². The van der Waals surface area contributed by atoms with Crippen LogP contribution in [0.15, 0.2) is 18.2 Å². The smallest absolute Gasteiger partial charge is 0.407 e. The lowest BCUT2D eigenvalue weighted by molar-refractivity contribution is 0.0528. The molecule has 0 fully saturated rings. The minimum Gasteiger partial charge on any atom is -0.444 e. The number of carbonyl (C=O) groups excluding carboxylic acids is 1. The Balaban J connectivity index is 2.20. The normalized spacial score (nSPS) is 11.1. The second kappa shape index (κ2) is 7.07. The monoisotopic (exact) mass is 286 g/mol. The summed E-state index contributed by atoms with van der Waals surface area (Å²) in [6, 6.07) is 3.24. The van der Waals surface area contributed by atoms with E-state index >= 15 is 0 Å². The summed E-state index contributed by atoms with van der Waals surface area (Å²) in [6.07, 6.45) is 0.131. The molecule has 0 unspecified atom stereocenters. The Morgan fingerprint density at radius 3 is 2.30 bits per heavy atom. The molecule has 1 aromatic carbocycles. The Hall–Kier alpha value is -1.85. The summed E-state index contributed by atoms with van der Waals surface area (Å²) < 4.78 is 30.9. The van der Waals surface area contributed by atoms with E-state index in [0.29, 0.717) is 25.2 Å². The molecular formula is C14H20F2N2O2. The maximum absolute atomic E-state index is 12.9. The van der Waals surface area contributed by atoms with Crippen molar-refractivity contribution in [3.05, 3.63) is 29.8 Å². The van der Waals surface area contributed by atoms with Gasteiger partial charge in [0.25, 0.3) is 0 Å². The number of amides is 1. The van der Waals surface area contributed by atoms with Gasteiger partial charge in [0.1, 0.15) is 17.2 Å². The summed E-state index contributed by atoms with van der Waals surface area (Å²) >= 11 is 0. The Bertz CT molecular complexity index is 439. The molecule has 1 amide bonds. The second-order valence-corrected chi connectivity index (χ2v) is 5.37. The van der Waals surface area contributed by atoms with Crippen LogP contribution >= 0.6 is 0 Å². The Labute approximate surface area is 117 Å². The molecule has 0 aliphatic heterocycles.